The first-order chi connectivity index (χ1) is 6.97. The highest BCUT2D eigenvalue weighted by molar-refractivity contribution is 8.76. The smallest absolute Gasteiger partial charge is 0.0303 e. The Bertz CT molecular complexity index is 320. The molecule has 1 aliphatic heterocycles. The van der Waals surface area contributed by atoms with Gasteiger partial charge in [-0.15, -0.1) is 0 Å². The van der Waals surface area contributed by atoms with Crippen LogP contribution in [-0.2, 0) is 5.75 Å². The lowest BCUT2D eigenvalue weighted by Gasteiger charge is -1.90. The Hall–Kier alpha value is -0.600. The molecule has 0 amide bonds. The first kappa shape index (κ1) is 9.94. The Morgan fingerprint density at radius 2 is 1.79 bits per heavy atom. The molecule has 0 atom stereocenters. The SMILES string of the molecule is C1=CCC=C1.c1ccc2c(c1)CSS2. The van der Waals surface area contributed by atoms with Gasteiger partial charge in [0, 0.05) is 10.6 Å². The van der Waals surface area contributed by atoms with Crippen molar-refractivity contribution in [1.82, 2.24) is 0 Å². The molecule has 1 aromatic rings. The van der Waals surface area contributed by atoms with E-state index in [4.69, 9.17) is 0 Å². The Balaban J connectivity index is 0.000000128. The maximum atomic E-state index is 2.20. The Morgan fingerprint density at radius 3 is 2.43 bits per heavy atom. The maximum absolute atomic E-state index is 2.20. The zero-order chi connectivity index (χ0) is 9.64. The fourth-order valence-corrected chi connectivity index (χ4v) is 3.72. The standard InChI is InChI=1S/C7H6S2.C5H6/c1-2-4-7-6(3-1)5-8-9-7;1-2-4-5-3-1/h1-4H,5H2;1-4H,5H2. The Morgan fingerprint density at radius 1 is 1.00 bits per heavy atom. The summed E-state index contributed by atoms with van der Waals surface area (Å²) in [6, 6.07) is 8.57. The molecule has 72 valence electrons. The number of hydrogen-bond donors (Lipinski definition) is 0. The van der Waals surface area contributed by atoms with Crippen LogP contribution in [0.2, 0.25) is 0 Å². The summed E-state index contributed by atoms with van der Waals surface area (Å²) in [6.45, 7) is 0. The molecule has 2 heteroatoms. The van der Waals surface area contributed by atoms with Gasteiger partial charge in [-0.3, -0.25) is 0 Å². The van der Waals surface area contributed by atoms with E-state index in [0.717, 1.165) is 6.42 Å². The summed E-state index contributed by atoms with van der Waals surface area (Å²) in [5.41, 5.74) is 1.49. The molecule has 0 aromatic heterocycles. The quantitative estimate of drug-likeness (QED) is 0.593. The van der Waals surface area contributed by atoms with Gasteiger partial charge in [-0.1, -0.05) is 64.1 Å². The third-order valence-electron chi connectivity index (χ3n) is 1.99. The lowest BCUT2D eigenvalue weighted by molar-refractivity contribution is 1.29. The van der Waals surface area contributed by atoms with Gasteiger partial charge in [-0.05, 0) is 18.1 Å². The molecule has 0 bridgehead atoms. The second-order valence-electron chi connectivity index (χ2n) is 3.05. The molecule has 0 saturated carbocycles. The molecule has 0 saturated heterocycles. The summed E-state index contributed by atoms with van der Waals surface area (Å²) in [7, 11) is 3.80. The molecule has 0 unspecified atom stereocenters. The highest BCUT2D eigenvalue weighted by Crippen LogP contribution is 2.43. The minimum Gasteiger partial charge on any atom is -0.0841 e. The average molecular weight is 220 g/mol. The van der Waals surface area contributed by atoms with Gasteiger partial charge in [0.15, 0.2) is 0 Å². The molecule has 0 N–H and O–H groups in total. The molecule has 1 aromatic carbocycles. The molecule has 3 rings (SSSR count). The summed E-state index contributed by atoms with van der Waals surface area (Å²) < 4.78 is 0. The third kappa shape index (κ3) is 2.69. The van der Waals surface area contributed by atoms with E-state index in [0.29, 0.717) is 0 Å². The summed E-state index contributed by atoms with van der Waals surface area (Å²) in [5.74, 6) is 1.18. The molecule has 2 aliphatic rings. The fraction of sp³-hybridized carbons (Fsp3) is 0.167. The fourth-order valence-electron chi connectivity index (χ4n) is 1.25. The van der Waals surface area contributed by atoms with E-state index < -0.39 is 0 Å². The minimum atomic E-state index is 1.14. The van der Waals surface area contributed by atoms with E-state index in [1.54, 1.807) is 0 Å². The normalized spacial score (nSPS) is 16.3. The highest BCUT2D eigenvalue weighted by Gasteiger charge is 2.09. The van der Waals surface area contributed by atoms with E-state index in [9.17, 15) is 0 Å². The van der Waals surface area contributed by atoms with Crippen molar-refractivity contribution >= 4 is 21.6 Å². The Labute approximate surface area is 92.9 Å². The van der Waals surface area contributed by atoms with Crippen LogP contribution < -0.4 is 0 Å². The lowest BCUT2D eigenvalue weighted by atomic mass is 10.2. The minimum absolute atomic E-state index is 1.14. The predicted molar refractivity (Wildman–Crippen MR) is 66.5 cm³/mol. The monoisotopic (exact) mass is 220 g/mol. The van der Waals surface area contributed by atoms with Crippen molar-refractivity contribution in [2.24, 2.45) is 0 Å². The number of allylic oxidation sites excluding steroid dienone is 4. The van der Waals surface area contributed by atoms with Crippen LogP contribution in [0.5, 0.6) is 0 Å². The van der Waals surface area contributed by atoms with Gasteiger partial charge < -0.3 is 0 Å². The van der Waals surface area contributed by atoms with Gasteiger partial charge in [0.25, 0.3) is 0 Å². The van der Waals surface area contributed by atoms with Crippen molar-refractivity contribution < 1.29 is 0 Å². The van der Waals surface area contributed by atoms with Crippen LogP contribution in [0.1, 0.15) is 12.0 Å². The van der Waals surface area contributed by atoms with Gasteiger partial charge in [-0.2, -0.15) is 0 Å². The van der Waals surface area contributed by atoms with Crippen molar-refractivity contribution in [2.45, 2.75) is 17.1 Å². The van der Waals surface area contributed by atoms with E-state index in [2.05, 4.69) is 48.6 Å². The van der Waals surface area contributed by atoms with Crippen LogP contribution in [0, 0.1) is 0 Å². The summed E-state index contributed by atoms with van der Waals surface area (Å²) in [6.07, 6.45) is 9.50. The molecule has 0 spiro atoms. The van der Waals surface area contributed by atoms with Crippen LogP contribution in [0.3, 0.4) is 0 Å². The second kappa shape index (κ2) is 5.32. The molecule has 1 aliphatic carbocycles. The largest absolute Gasteiger partial charge is 0.0841 e. The number of fused-ring (bicyclic) bond motifs is 1. The van der Waals surface area contributed by atoms with Crippen molar-refractivity contribution in [3.05, 3.63) is 54.1 Å². The van der Waals surface area contributed by atoms with Gasteiger partial charge in [-0.25, -0.2) is 0 Å². The first-order valence-corrected chi connectivity index (χ1v) is 6.98. The summed E-state index contributed by atoms with van der Waals surface area (Å²) >= 11 is 0. The van der Waals surface area contributed by atoms with E-state index in [1.165, 1.54) is 16.2 Å². The zero-order valence-electron chi connectivity index (χ0n) is 7.85. The topological polar surface area (TPSA) is 0 Å². The molecule has 1 heterocycles. The van der Waals surface area contributed by atoms with Gasteiger partial charge >= 0.3 is 0 Å². The molecule has 0 radical (unpaired) electrons. The zero-order valence-corrected chi connectivity index (χ0v) is 9.48. The molecular formula is C12H12S2. The van der Waals surface area contributed by atoms with Crippen LogP contribution >= 0.6 is 21.6 Å². The van der Waals surface area contributed by atoms with Gasteiger partial charge in [0.2, 0.25) is 0 Å². The van der Waals surface area contributed by atoms with Crippen molar-refractivity contribution in [3.8, 4) is 0 Å². The Kier molecular flexibility index (Phi) is 3.78. The number of rotatable bonds is 0. The average Bonchev–Trinajstić information content (AvgIpc) is 2.92. The van der Waals surface area contributed by atoms with Gasteiger partial charge in [0.05, 0.1) is 0 Å². The summed E-state index contributed by atoms with van der Waals surface area (Å²) in [4.78, 5) is 1.45. The van der Waals surface area contributed by atoms with Crippen molar-refractivity contribution in [2.75, 3.05) is 0 Å². The third-order valence-corrected chi connectivity index (χ3v) is 4.36. The van der Waals surface area contributed by atoms with Crippen molar-refractivity contribution in [1.29, 1.82) is 0 Å². The first-order valence-electron chi connectivity index (χ1n) is 4.66. The number of benzene rings is 1. The van der Waals surface area contributed by atoms with Gasteiger partial charge in [0.1, 0.15) is 0 Å². The second-order valence-corrected chi connectivity index (χ2v) is 5.38. The maximum Gasteiger partial charge on any atom is 0.0303 e. The van der Waals surface area contributed by atoms with Crippen LogP contribution in [-0.4, -0.2) is 0 Å². The lowest BCUT2D eigenvalue weighted by Crippen LogP contribution is -1.73. The van der Waals surface area contributed by atoms with Crippen LogP contribution in [0.25, 0.3) is 0 Å². The van der Waals surface area contributed by atoms with Crippen molar-refractivity contribution in [3.63, 3.8) is 0 Å². The van der Waals surface area contributed by atoms with Crippen LogP contribution in [0.15, 0.2) is 53.5 Å². The molecule has 14 heavy (non-hydrogen) atoms. The van der Waals surface area contributed by atoms with E-state index >= 15 is 0 Å². The molecule has 0 fully saturated rings. The van der Waals surface area contributed by atoms with Crippen LogP contribution in [0.4, 0.5) is 0 Å². The predicted octanol–water partition coefficient (Wildman–Crippen LogP) is 4.44. The van der Waals surface area contributed by atoms with E-state index in [1.807, 2.05) is 21.6 Å². The molecule has 0 nitrogen and oxygen atoms in total. The summed E-state index contributed by atoms with van der Waals surface area (Å²) in [5, 5.41) is 0. The number of hydrogen-bond acceptors (Lipinski definition) is 2. The highest BCUT2D eigenvalue weighted by atomic mass is 33.1. The van der Waals surface area contributed by atoms with E-state index in [-0.39, 0.29) is 0 Å². The molecular weight excluding hydrogens is 208 g/mol.